The quantitative estimate of drug-likeness (QED) is 0.649. The molecule has 4 rings (SSSR count). The summed E-state index contributed by atoms with van der Waals surface area (Å²) in [5.41, 5.74) is 11.3. The van der Waals surface area contributed by atoms with Crippen LogP contribution in [-0.4, -0.2) is 41.5 Å². The summed E-state index contributed by atoms with van der Waals surface area (Å²) in [5.74, 6) is 0.406. The molecule has 0 amide bonds. The van der Waals surface area contributed by atoms with E-state index in [1.54, 1.807) is 36.1 Å². The predicted molar refractivity (Wildman–Crippen MR) is 117 cm³/mol. The molecular formula is C22H18ClN5O2. The highest BCUT2D eigenvalue weighted by atomic mass is 35.5. The van der Waals surface area contributed by atoms with Crippen LogP contribution in [0.1, 0.15) is 15.9 Å². The molecule has 7 nitrogen and oxygen atoms in total. The summed E-state index contributed by atoms with van der Waals surface area (Å²) >= 11 is 6.35. The van der Waals surface area contributed by atoms with Gasteiger partial charge < -0.3 is 10.5 Å². The molecule has 0 spiro atoms. The molecule has 3 aromatic rings. The van der Waals surface area contributed by atoms with Crippen LogP contribution in [0.5, 0.6) is 5.75 Å². The molecule has 0 unspecified atom stereocenters. The highest BCUT2D eigenvalue weighted by Gasteiger charge is 2.23. The average Bonchev–Trinajstić information content (AvgIpc) is 3.14. The number of nitrogens with two attached hydrogens (primary N) is 1. The Balaban J connectivity index is 1.92. The molecule has 2 aromatic carbocycles. The van der Waals surface area contributed by atoms with Crippen molar-refractivity contribution < 1.29 is 9.53 Å². The van der Waals surface area contributed by atoms with Crippen LogP contribution in [0.3, 0.4) is 0 Å². The smallest absolute Gasteiger partial charge is 0.200 e. The van der Waals surface area contributed by atoms with Gasteiger partial charge in [0.1, 0.15) is 12.3 Å². The molecule has 1 aromatic heterocycles. The fraction of sp³-hybridized carbons (Fsp3) is 0.182. The summed E-state index contributed by atoms with van der Waals surface area (Å²) in [5, 5.41) is 4.80. The SMILES string of the molecule is [C-]#[N+]c1cc(OC)c(Cl)cc1-c1c(-c2ccc3c(c2)C(CN)=NCC3=O)cnn1C. The summed E-state index contributed by atoms with van der Waals surface area (Å²) in [6.07, 6.45) is 1.73. The fourth-order valence-corrected chi connectivity index (χ4v) is 3.90. The molecule has 0 radical (unpaired) electrons. The van der Waals surface area contributed by atoms with E-state index in [2.05, 4.69) is 14.9 Å². The fourth-order valence-electron chi connectivity index (χ4n) is 3.66. The molecule has 0 atom stereocenters. The van der Waals surface area contributed by atoms with Crippen LogP contribution < -0.4 is 10.5 Å². The highest BCUT2D eigenvalue weighted by Crippen LogP contribution is 2.42. The Morgan fingerprint density at radius 3 is 2.73 bits per heavy atom. The lowest BCUT2D eigenvalue weighted by molar-refractivity contribution is 0.1000. The summed E-state index contributed by atoms with van der Waals surface area (Å²) in [7, 11) is 3.31. The Morgan fingerprint density at radius 1 is 1.23 bits per heavy atom. The van der Waals surface area contributed by atoms with E-state index in [-0.39, 0.29) is 18.9 Å². The van der Waals surface area contributed by atoms with Crippen molar-refractivity contribution in [3.8, 4) is 28.1 Å². The molecule has 8 heteroatoms. The van der Waals surface area contributed by atoms with Gasteiger partial charge in [-0.3, -0.25) is 14.5 Å². The van der Waals surface area contributed by atoms with Crippen molar-refractivity contribution in [3.05, 3.63) is 64.1 Å². The number of hydrogen-bond donors (Lipinski definition) is 1. The van der Waals surface area contributed by atoms with Gasteiger partial charge in [0.25, 0.3) is 0 Å². The van der Waals surface area contributed by atoms with E-state index in [0.29, 0.717) is 33.3 Å². The lowest BCUT2D eigenvalue weighted by Crippen LogP contribution is -2.24. The van der Waals surface area contributed by atoms with E-state index >= 15 is 0 Å². The Kier molecular flexibility index (Phi) is 5.12. The summed E-state index contributed by atoms with van der Waals surface area (Å²) in [4.78, 5) is 20.2. The standard InChI is InChI=1S/C22H18ClN5O2/c1-25-18-8-21(30-3)17(23)7-15(18)22-16(10-27-28(22)2)12-4-5-13-14(6-12)19(9-24)26-11-20(13)29/h4-8,10H,9,11,24H2,2-3H3. The maximum atomic E-state index is 12.2. The zero-order valence-corrected chi connectivity index (χ0v) is 17.2. The number of aliphatic imine (C=N–C) groups is 1. The molecule has 0 saturated heterocycles. The molecular weight excluding hydrogens is 402 g/mol. The lowest BCUT2D eigenvalue weighted by Gasteiger charge is -2.17. The number of fused-ring (bicyclic) bond motifs is 1. The van der Waals surface area contributed by atoms with Gasteiger partial charge in [0.15, 0.2) is 11.5 Å². The second-order valence-electron chi connectivity index (χ2n) is 6.80. The Hall–Kier alpha value is -3.47. The first kappa shape index (κ1) is 19.8. The number of Topliss-reactive ketones (excluding diaryl/α,β-unsaturated/α-hetero) is 1. The number of nitrogens with zero attached hydrogens (tertiary/aromatic N) is 4. The van der Waals surface area contributed by atoms with Gasteiger partial charge in [-0.05, 0) is 23.8 Å². The normalized spacial score (nSPS) is 12.9. The predicted octanol–water partition coefficient (Wildman–Crippen LogP) is 3.91. The van der Waals surface area contributed by atoms with Crippen molar-refractivity contribution in [2.75, 3.05) is 20.2 Å². The summed E-state index contributed by atoms with van der Waals surface area (Å²) < 4.78 is 6.95. The van der Waals surface area contributed by atoms with Crippen molar-refractivity contribution in [1.29, 1.82) is 0 Å². The minimum absolute atomic E-state index is 0.0302. The van der Waals surface area contributed by atoms with Crippen LogP contribution in [0.4, 0.5) is 5.69 Å². The van der Waals surface area contributed by atoms with Crippen LogP contribution >= 0.6 is 11.6 Å². The first-order valence-corrected chi connectivity index (χ1v) is 9.55. The molecule has 2 N–H and O–H groups in total. The molecule has 150 valence electrons. The monoisotopic (exact) mass is 419 g/mol. The second-order valence-corrected chi connectivity index (χ2v) is 7.20. The number of ether oxygens (including phenoxy) is 1. The third-order valence-electron chi connectivity index (χ3n) is 5.13. The van der Waals surface area contributed by atoms with Gasteiger partial charge >= 0.3 is 0 Å². The van der Waals surface area contributed by atoms with Gasteiger partial charge in [-0.25, -0.2) is 4.85 Å². The third-order valence-corrected chi connectivity index (χ3v) is 5.43. The summed E-state index contributed by atoms with van der Waals surface area (Å²) in [6.45, 7) is 7.97. The number of aromatic nitrogens is 2. The van der Waals surface area contributed by atoms with Crippen molar-refractivity contribution in [3.63, 3.8) is 0 Å². The number of benzene rings is 2. The maximum absolute atomic E-state index is 12.2. The Bertz CT molecular complexity index is 1250. The van der Waals surface area contributed by atoms with Crippen LogP contribution in [0.2, 0.25) is 5.02 Å². The molecule has 1 aliphatic rings. The zero-order chi connectivity index (χ0) is 21.4. The number of carbonyl (C=O) groups excluding carboxylic acids is 1. The topological polar surface area (TPSA) is 86.9 Å². The molecule has 1 aliphatic heterocycles. The number of rotatable bonds is 4. The number of methoxy groups -OCH3 is 1. The number of hydrogen-bond acceptors (Lipinski definition) is 5. The van der Waals surface area contributed by atoms with Crippen LogP contribution in [0, 0.1) is 6.57 Å². The minimum atomic E-state index is -0.0302. The average molecular weight is 420 g/mol. The van der Waals surface area contributed by atoms with Crippen molar-refractivity contribution >= 4 is 28.8 Å². The van der Waals surface area contributed by atoms with Gasteiger partial charge in [0.05, 0.1) is 36.3 Å². The van der Waals surface area contributed by atoms with E-state index in [0.717, 1.165) is 22.4 Å². The van der Waals surface area contributed by atoms with Crippen molar-refractivity contribution in [2.24, 2.45) is 17.8 Å². The first-order valence-electron chi connectivity index (χ1n) is 9.17. The van der Waals surface area contributed by atoms with Gasteiger partial charge in [0.2, 0.25) is 0 Å². The van der Waals surface area contributed by atoms with Gasteiger partial charge in [-0.1, -0.05) is 23.7 Å². The van der Waals surface area contributed by atoms with E-state index in [9.17, 15) is 4.79 Å². The third kappa shape index (κ3) is 3.16. The van der Waals surface area contributed by atoms with E-state index in [4.69, 9.17) is 28.6 Å². The Morgan fingerprint density at radius 2 is 2.03 bits per heavy atom. The minimum Gasteiger partial charge on any atom is -0.497 e. The van der Waals surface area contributed by atoms with E-state index in [1.807, 2.05) is 12.1 Å². The zero-order valence-electron chi connectivity index (χ0n) is 16.4. The molecule has 30 heavy (non-hydrogen) atoms. The van der Waals surface area contributed by atoms with Crippen LogP contribution in [0.15, 0.2) is 41.5 Å². The van der Waals surface area contributed by atoms with Crippen LogP contribution in [0.25, 0.3) is 27.2 Å². The molecule has 0 bridgehead atoms. The largest absolute Gasteiger partial charge is 0.497 e. The lowest BCUT2D eigenvalue weighted by atomic mass is 9.91. The number of aryl methyl sites for hydroxylation is 1. The molecule has 0 saturated carbocycles. The molecule has 0 fully saturated rings. The number of carbonyl (C=O) groups is 1. The van der Waals surface area contributed by atoms with Crippen molar-refractivity contribution in [2.45, 2.75) is 0 Å². The Labute approximate surface area is 178 Å². The van der Waals surface area contributed by atoms with Crippen LogP contribution in [-0.2, 0) is 7.05 Å². The molecule has 2 heterocycles. The van der Waals surface area contributed by atoms with E-state index < -0.39 is 0 Å². The van der Waals surface area contributed by atoms with E-state index in [1.165, 1.54) is 7.11 Å². The first-order chi connectivity index (χ1) is 14.5. The van der Waals surface area contributed by atoms with Gasteiger partial charge in [-0.15, -0.1) is 0 Å². The van der Waals surface area contributed by atoms with Gasteiger partial charge in [0, 0.05) is 35.8 Å². The number of halogens is 1. The van der Waals surface area contributed by atoms with Gasteiger partial charge in [-0.2, -0.15) is 5.10 Å². The second kappa shape index (κ2) is 7.75. The highest BCUT2D eigenvalue weighted by molar-refractivity contribution is 6.32. The van der Waals surface area contributed by atoms with Crippen molar-refractivity contribution in [1.82, 2.24) is 9.78 Å². The number of ketones is 1. The molecule has 0 aliphatic carbocycles. The summed E-state index contributed by atoms with van der Waals surface area (Å²) in [6, 6.07) is 8.90. The maximum Gasteiger partial charge on any atom is 0.200 e.